The van der Waals surface area contributed by atoms with Gasteiger partial charge in [-0.2, -0.15) is 0 Å². The van der Waals surface area contributed by atoms with Crippen LogP contribution in [0.4, 0.5) is 0 Å². The molecule has 0 aromatic heterocycles. The maximum atomic E-state index is 9.04. The number of aliphatic hydroxyl groups is 1. The highest BCUT2D eigenvalue weighted by Crippen LogP contribution is 2.20. The molecule has 2 nitrogen and oxygen atoms in total. The molecule has 0 amide bonds. The third kappa shape index (κ3) is 2.44. The zero-order chi connectivity index (χ0) is 9.84. The van der Waals surface area contributed by atoms with Crippen LogP contribution in [-0.4, -0.2) is 18.8 Å². The van der Waals surface area contributed by atoms with Crippen LogP contribution in [0.25, 0.3) is 0 Å². The fraction of sp³-hybridized carbons (Fsp3) is 0.400. The van der Waals surface area contributed by atoms with E-state index >= 15 is 0 Å². The molecule has 3 heteroatoms. The predicted molar refractivity (Wildman–Crippen MR) is 55.1 cm³/mol. The highest BCUT2D eigenvalue weighted by atomic mass is 35.5. The normalized spacial score (nSPS) is 12.9. The van der Waals surface area contributed by atoms with E-state index in [1.54, 1.807) is 0 Å². The SMILES string of the molecule is CNC(CO)c1ccc(Cl)c(C)c1. The molecule has 1 unspecified atom stereocenters. The highest BCUT2D eigenvalue weighted by Gasteiger charge is 2.07. The van der Waals surface area contributed by atoms with E-state index in [9.17, 15) is 0 Å². The Morgan fingerprint density at radius 3 is 2.69 bits per heavy atom. The molecule has 1 aromatic rings. The van der Waals surface area contributed by atoms with E-state index in [4.69, 9.17) is 16.7 Å². The Kier molecular flexibility index (Phi) is 3.72. The van der Waals surface area contributed by atoms with Crippen molar-refractivity contribution in [1.29, 1.82) is 0 Å². The summed E-state index contributed by atoms with van der Waals surface area (Å²) in [6, 6.07) is 5.76. The van der Waals surface area contributed by atoms with Crippen molar-refractivity contribution in [2.24, 2.45) is 0 Å². The summed E-state index contributed by atoms with van der Waals surface area (Å²) in [4.78, 5) is 0. The number of benzene rings is 1. The van der Waals surface area contributed by atoms with Gasteiger partial charge >= 0.3 is 0 Å². The van der Waals surface area contributed by atoms with Crippen LogP contribution >= 0.6 is 11.6 Å². The molecule has 1 rings (SSSR count). The Morgan fingerprint density at radius 2 is 2.23 bits per heavy atom. The monoisotopic (exact) mass is 199 g/mol. The van der Waals surface area contributed by atoms with Gasteiger partial charge in [-0.25, -0.2) is 0 Å². The van der Waals surface area contributed by atoms with Crippen LogP contribution in [-0.2, 0) is 0 Å². The Labute approximate surface area is 83.5 Å². The molecule has 1 aromatic carbocycles. The first-order valence-electron chi connectivity index (χ1n) is 4.23. The molecule has 0 aliphatic carbocycles. The third-order valence-corrected chi connectivity index (χ3v) is 2.54. The zero-order valence-electron chi connectivity index (χ0n) is 7.84. The van der Waals surface area contributed by atoms with Crippen molar-refractivity contribution in [3.05, 3.63) is 34.3 Å². The van der Waals surface area contributed by atoms with Crippen LogP contribution in [0.1, 0.15) is 17.2 Å². The molecule has 0 aliphatic heterocycles. The minimum absolute atomic E-state index is 0.00373. The van der Waals surface area contributed by atoms with Crippen LogP contribution in [0, 0.1) is 6.92 Å². The van der Waals surface area contributed by atoms with Gasteiger partial charge in [0.05, 0.1) is 12.6 Å². The molecular weight excluding hydrogens is 186 g/mol. The molecule has 13 heavy (non-hydrogen) atoms. The topological polar surface area (TPSA) is 32.3 Å². The number of aryl methyl sites for hydroxylation is 1. The van der Waals surface area contributed by atoms with Crippen molar-refractivity contribution in [3.63, 3.8) is 0 Å². The lowest BCUT2D eigenvalue weighted by atomic mass is 10.1. The molecule has 0 heterocycles. The van der Waals surface area contributed by atoms with Gasteiger partial charge in [-0.1, -0.05) is 23.7 Å². The molecular formula is C10H14ClNO. The fourth-order valence-electron chi connectivity index (χ4n) is 1.25. The largest absolute Gasteiger partial charge is 0.394 e. The smallest absolute Gasteiger partial charge is 0.0626 e. The van der Waals surface area contributed by atoms with E-state index in [-0.39, 0.29) is 12.6 Å². The molecule has 0 aliphatic rings. The van der Waals surface area contributed by atoms with Crippen LogP contribution in [0.2, 0.25) is 5.02 Å². The minimum atomic E-state index is -0.00373. The summed E-state index contributed by atoms with van der Waals surface area (Å²) in [7, 11) is 1.82. The Hall–Kier alpha value is -0.570. The lowest BCUT2D eigenvalue weighted by Gasteiger charge is -2.14. The molecule has 0 spiro atoms. The molecule has 0 saturated heterocycles. The van der Waals surface area contributed by atoms with E-state index < -0.39 is 0 Å². The second kappa shape index (κ2) is 4.61. The Bertz CT molecular complexity index is 284. The van der Waals surface area contributed by atoms with Gasteiger partial charge in [0.15, 0.2) is 0 Å². The number of hydrogen-bond donors (Lipinski definition) is 2. The van der Waals surface area contributed by atoms with Crippen molar-refractivity contribution in [2.45, 2.75) is 13.0 Å². The van der Waals surface area contributed by atoms with Gasteiger partial charge in [-0.15, -0.1) is 0 Å². The summed E-state index contributed by atoms with van der Waals surface area (Å²) in [6.45, 7) is 2.05. The number of nitrogens with one attached hydrogen (secondary N) is 1. The van der Waals surface area contributed by atoms with Gasteiger partial charge in [-0.3, -0.25) is 0 Å². The van der Waals surface area contributed by atoms with Gasteiger partial charge in [0.25, 0.3) is 0 Å². The Balaban J connectivity index is 2.95. The summed E-state index contributed by atoms with van der Waals surface area (Å²) in [5.41, 5.74) is 2.10. The lowest BCUT2D eigenvalue weighted by molar-refractivity contribution is 0.251. The van der Waals surface area contributed by atoms with Gasteiger partial charge < -0.3 is 10.4 Å². The van der Waals surface area contributed by atoms with Gasteiger partial charge in [0.2, 0.25) is 0 Å². The van der Waals surface area contributed by atoms with Crippen molar-refractivity contribution < 1.29 is 5.11 Å². The molecule has 0 saturated carbocycles. The summed E-state index contributed by atoms with van der Waals surface area (Å²) >= 11 is 5.89. The molecule has 1 atom stereocenters. The van der Waals surface area contributed by atoms with Crippen molar-refractivity contribution >= 4 is 11.6 Å². The van der Waals surface area contributed by atoms with Gasteiger partial charge in [0.1, 0.15) is 0 Å². The standard InChI is InChI=1S/C10H14ClNO/c1-7-5-8(3-4-9(7)11)10(6-13)12-2/h3-5,10,12-13H,6H2,1-2H3. The van der Waals surface area contributed by atoms with E-state index in [0.29, 0.717) is 0 Å². The summed E-state index contributed by atoms with van der Waals surface area (Å²) < 4.78 is 0. The van der Waals surface area contributed by atoms with Gasteiger partial charge in [-0.05, 0) is 31.2 Å². The second-order valence-electron chi connectivity index (χ2n) is 3.03. The van der Waals surface area contributed by atoms with E-state index in [1.165, 1.54) is 0 Å². The highest BCUT2D eigenvalue weighted by molar-refractivity contribution is 6.31. The second-order valence-corrected chi connectivity index (χ2v) is 3.44. The van der Waals surface area contributed by atoms with E-state index in [2.05, 4.69) is 5.32 Å². The molecule has 0 fully saturated rings. The Morgan fingerprint density at radius 1 is 1.54 bits per heavy atom. The molecule has 0 radical (unpaired) electrons. The summed E-state index contributed by atoms with van der Waals surface area (Å²) in [5.74, 6) is 0. The van der Waals surface area contributed by atoms with E-state index in [1.807, 2.05) is 32.2 Å². The maximum absolute atomic E-state index is 9.04. The summed E-state index contributed by atoms with van der Waals surface area (Å²) in [6.07, 6.45) is 0. The van der Waals surface area contributed by atoms with Gasteiger partial charge in [0, 0.05) is 5.02 Å². The number of likely N-dealkylation sites (N-methyl/N-ethyl adjacent to an activating group) is 1. The summed E-state index contributed by atoms with van der Waals surface area (Å²) in [5, 5.41) is 12.8. The van der Waals surface area contributed by atoms with E-state index in [0.717, 1.165) is 16.1 Å². The van der Waals surface area contributed by atoms with Crippen molar-refractivity contribution in [3.8, 4) is 0 Å². The molecule has 2 N–H and O–H groups in total. The first-order chi connectivity index (χ1) is 6.19. The lowest BCUT2D eigenvalue weighted by Crippen LogP contribution is -2.19. The average Bonchev–Trinajstić information content (AvgIpc) is 2.13. The molecule has 0 bridgehead atoms. The van der Waals surface area contributed by atoms with Crippen LogP contribution in [0.15, 0.2) is 18.2 Å². The fourth-order valence-corrected chi connectivity index (χ4v) is 1.37. The van der Waals surface area contributed by atoms with Crippen LogP contribution < -0.4 is 5.32 Å². The predicted octanol–water partition coefficient (Wildman–Crippen LogP) is 1.90. The maximum Gasteiger partial charge on any atom is 0.0626 e. The first-order valence-corrected chi connectivity index (χ1v) is 4.61. The average molecular weight is 200 g/mol. The van der Waals surface area contributed by atoms with Crippen molar-refractivity contribution in [2.75, 3.05) is 13.7 Å². The number of halogens is 1. The molecule has 72 valence electrons. The number of rotatable bonds is 3. The first kappa shape index (κ1) is 10.5. The number of aliphatic hydroxyl groups excluding tert-OH is 1. The van der Waals surface area contributed by atoms with Crippen molar-refractivity contribution in [1.82, 2.24) is 5.32 Å². The zero-order valence-corrected chi connectivity index (χ0v) is 8.60. The quantitative estimate of drug-likeness (QED) is 0.780. The number of hydrogen-bond acceptors (Lipinski definition) is 2. The van der Waals surface area contributed by atoms with Crippen LogP contribution in [0.3, 0.4) is 0 Å². The van der Waals surface area contributed by atoms with Crippen LogP contribution in [0.5, 0.6) is 0 Å². The minimum Gasteiger partial charge on any atom is -0.394 e. The third-order valence-electron chi connectivity index (χ3n) is 2.12.